The summed E-state index contributed by atoms with van der Waals surface area (Å²) in [7, 11) is 0. The standard InChI is InChI=1S/C33H37F4N5O2/c1-28(2,3)27-40-25(41-44-27)31-10-7-29(8-11-31,9-12-31)20-42(24(43)14-30-17-32(34,18-30)19-30)23-6-4-5-21(13-23)22-15-38-26(39-16-22)33(35,36)37/h4-6,13,15-16H,7-12,14,17-20H2,1-3H3. The van der Waals surface area contributed by atoms with Gasteiger partial charge in [-0.25, -0.2) is 14.4 Å². The number of hydrogen-bond donors (Lipinski definition) is 0. The van der Waals surface area contributed by atoms with Gasteiger partial charge in [0.15, 0.2) is 5.82 Å². The predicted molar refractivity (Wildman–Crippen MR) is 154 cm³/mol. The summed E-state index contributed by atoms with van der Waals surface area (Å²) in [5.41, 5.74) is -0.0345. The van der Waals surface area contributed by atoms with Crippen LogP contribution in [-0.2, 0) is 21.8 Å². The maximum Gasteiger partial charge on any atom is 0.451 e. The van der Waals surface area contributed by atoms with Crippen molar-refractivity contribution in [2.45, 2.75) is 108 Å². The largest absolute Gasteiger partial charge is 0.451 e. The molecule has 44 heavy (non-hydrogen) atoms. The van der Waals surface area contributed by atoms with Crippen LogP contribution in [0.2, 0.25) is 0 Å². The molecule has 3 aromatic rings. The number of halogens is 4. The lowest BCUT2D eigenvalue weighted by Crippen LogP contribution is -2.65. The lowest BCUT2D eigenvalue weighted by molar-refractivity contribution is -0.215. The highest BCUT2D eigenvalue weighted by Crippen LogP contribution is 2.71. The normalized spacial score (nSPS) is 30.9. The third-order valence-electron chi connectivity index (χ3n) is 10.7. The molecule has 0 atom stereocenters. The van der Waals surface area contributed by atoms with Crippen LogP contribution >= 0.6 is 0 Å². The van der Waals surface area contributed by atoms with Crippen molar-refractivity contribution in [3.63, 3.8) is 0 Å². The van der Waals surface area contributed by atoms with E-state index in [1.54, 1.807) is 12.1 Å². The summed E-state index contributed by atoms with van der Waals surface area (Å²) >= 11 is 0. The van der Waals surface area contributed by atoms with Gasteiger partial charge in [0.05, 0.1) is 0 Å². The Morgan fingerprint density at radius 3 is 2.11 bits per heavy atom. The lowest BCUT2D eigenvalue weighted by atomic mass is 9.41. The first-order chi connectivity index (χ1) is 20.6. The minimum absolute atomic E-state index is 0.0302. The van der Waals surface area contributed by atoms with Crippen molar-refractivity contribution in [3.05, 3.63) is 54.2 Å². The van der Waals surface area contributed by atoms with E-state index in [4.69, 9.17) is 9.51 Å². The Bertz CT molecular complexity index is 1550. The molecule has 6 aliphatic rings. The van der Waals surface area contributed by atoms with E-state index in [0.29, 0.717) is 54.9 Å². The van der Waals surface area contributed by atoms with Crippen molar-refractivity contribution in [1.29, 1.82) is 0 Å². The van der Waals surface area contributed by atoms with E-state index in [0.717, 1.165) is 56.7 Å². The highest BCUT2D eigenvalue weighted by molar-refractivity contribution is 5.95. The van der Waals surface area contributed by atoms with E-state index in [-0.39, 0.29) is 27.6 Å². The fraction of sp³-hybridized carbons (Fsp3) is 0.606. The number of aromatic nitrogens is 4. The quantitative estimate of drug-likeness (QED) is 0.254. The lowest BCUT2D eigenvalue weighted by Gasteiger charge is -2.66. The number of hydrogen-bond acceptors (Lipinski definition) is 6. The Kier molecular flexibility index (Phi) is 6.38. The number of anilines is 1. The molecule has 0 saturated heterocycles. The van der Waals surface area contributed by atoms with E-state index in [9.17, 15) is 22.4 Å². The first kappa shape index (κ1) is 29.3. The third kappa shape index (κ3) is 5.00. The summed E-state index contributed by atoms with van der Waals surface area (Å²) in [4.78, 5) is 27.7. The zero-order chi connectivity index (χ0) is 31.2. The molecule has 6 fully saturated rings. The van der Waals surface area contributed by atoms with Gasteiger partial charge in [-0.05, 0) is 86.3 Å². The maximum absolute atomic E-state index is 14.3. The first-order valence-corrected chi connectivity index (χ1v) is 15.4. The molecule has 0 aliphatic heterocycles. The minimum atomic E-state index is -4.63. The number of carbonyl (C=O) groups is 1. The number of benzene rings is 1. The van der Waals surface area contributed by atoms with Crippen LogP contribution in [0.3, 0.4) is 0 Å². The number of fused-ring (bicyclic) bond motifs is 3. The van der Waals surface area contributed by atoms with Crippen LogP contribution in [0.25, 0.3) is 11.1 Å². The third-order valence-corrected chi connectivity index (χ3v) is 10.7. The summed E-state index contributed by atoms with van der Waals surface area (Å²) in [5, 5.41) is 4.40. The van der Waals surface area contributed by atoms with Gasteiger partial charge in [0.2, 0.25) is 17.6 Å². The number of nitrogens with zero attached hydrogens (tertiary/aromatic N) is 5. The fourth-order valence-electron chi connectivity index (χ4n) is 8.18. The van der Waals surface area contributed by atoms with Crippen LogP contribution in [0, 0.1) is 10.8 Å². The van der Waals surface area contributed by atoms with Crippen LogP contribution in [0.5, 0.6) is 0 Å². The van der Waals surface area contributed by atoms with Gasteiger partial charge >= 0.3 is 6.18 Å². The topological polar surface area (TPSA) is 85.0 Å². The van der Waals surface area contributed by atoms with Crippen molar-refractivity contribution in [2.75, 3.05) is 11.4 Å². The minimum Gasteiger partial charge on any atom is -0.339 e. The van der Waals surface area contributed by atoms with E-state index in [1.165, 1.54) is 0 Å². The summed E-state index contributed by atoms with van der Waals surface area (Å²) in [6.45, 7) is 6.70. The average Bonchev–Trinajstić information content (AvgIpc) is 3.48. The second-order valence-electron chi connectivity index (χ2n) is 15.1. The first-order valence-electron chi connectivity index (χ1n) is 15.4. The molecule has 6 saturated carbocycles. The van der Waals surface area contributed by atoms with Crippen LogP contribution in [-0.4, -0.2) is 38.2 Å². The van der Waals surface area contributed by atoms with Crippen molar-refractivity contribution < 1.29 is 26.9 Å². The predicted octanol–water partition coefficient (Wildman–Crippen LogP) is 7.75. The number of alkyl halides is 4. The van der Waals surface area contributed by atoms with Gasteiger partial charge in [-0.15, -0.1) is 0 Å². The summed E-state index contributed by atoms with van der Waals surface area (Å²) < 4.78 is 59.1. The second kappa shape index (κ2) is 9.57. The molecule has 7 nitrogen and oxygen atoms in total. The Hall–Kier alpha value is -3.37. The van der Waals surface area contributed by atoms with Gasteiger partial charge in [0.25, 0.3) is 0 Å². The van der Waals surface area contributed by atoms with Gasteiger partial charge in [-0.1, -0.05) is 38.1 Å². The molecule has 234 valence electrons. The molecule has 1 aromatic carbocycles. The Labute approximate surface area is 253 Å². The molecule has 2 aromatic heterocycles. The molecule has 1 amide bonds. The smallest absolute Gasteiger partial charge is 0.339 e. The van der Waals surface area contributed by atoms with Crippen molar-refractivity contribution in [2.24, 2.45) is 10.8 Å². The van der Waals surface area contributed by atoms with Crippen LogP contribution in [0.15, 0.2) is 41.2 Å². The molecular weight excluding hydrogens is 574 g/mol. The molecule has 4 bridgehead atoms. The van der Waals surface area contributed by atoms with Gasteiger partial charge in [-0.2, -0.15) is 18.2 Å². The Morgan fingerprint density at radius 2 is 1.57 bits per heavy atom. The molecule has 0 unspecified atom stereocenters. The molecule has 0 spiro atoms. The van der Waals surface area contributed by atoms with Crippen molar-refractivity contribution >= 4 is 11.6 Å². The number of carbonyl (C=O) groups excluding carboxylic acids is 1. The highest BCUT2D eigenvalue weighted by atomic mass is 19.4. The number of amides is 1. The molecule has 9 rings (SSSR count). The molecule has 0 radical (unpaired) electrons. The van der Waals surface area contributed by atoms with Crippen molar-refractivity contribution in [1.82, 2.24) is 20.1 Å². The molecule has 6 aliphatic carbocycles. The molecule has 0 N–H and O–H groups in total. The number of rotatable bonds is 7. The maximum atomic E-state index is 14.3. The molecular formula is C33H37F4N5O2. The highest BCUT2D eigenvalue weighted by Gasteiger charge is 2.69. The Morgan fingerprint density at radius 1 is 0.932 bits per heavy atom. The molecule has 11 heteroatoms. The SMILES string of the molecule is CC(C)(C)c1nc(C23CCC(CN(C(=O)CC45CC(F)(C4)C5)c4cccc(-c5cnc(C(F)(F)F)nc5)c4)(CC2)CC3)no1. The van der Waals surface area contributed by atoms with E-state index in [1.807, 2.05) is 17.0 Å². The monoisotopic (exact) mass is 611 g/mol. The zero-order valence-electron chi connectivity index (χ0n) is 25.3. The summed E-state index contributed by atoms with van der Waals surface area (Å²) in [5.74, 6) is 0.206. The Balaban J connectivity index is 1.14. The van der Waals surface area contributed by atoms with Gasteiger partial charge in [0.1, 0.15) is 5.67 Å². The van der Waals surface area contributed by atoms with E-state index < -0.39 is 17.7 Å². The van der Waals surface area contributed by atoms with E-state index >= 15 is 0 Å². The molecule has 2 heterocycles. The van der Waals surface area contributed by atoms with Crippen LogP contribution < -0.4 is 4.90 Å². The van der Waals surface area contributed by atoms with Gasteiger partial charge < -0.3 is 9.42 Å². The van der Waals surface area contributed by atoms with Crippen LogP contribution in [0.1, 0.15) is 103 Å². The van der Waals surface area contributed by atoms with Gasteiger partial charge in [0, 0.05) is 47.4 Å². The summed E-state index contributed by atoms with van der Waals surface area (Å²) in [6, 6.07) is 7.26. The van der Waals surface area contributed by atoms with E-state index in [2.05, 4.69) is 35.9 Å². The second-order valence-corrected chi connectivity index (χ2v) is 15.1. The van der Waals surface area contributed by atoms with Crippen LogP contribution in [0.4, 0.5) is 23.2 Å². The van der Waals surface area contributed by atoms with Gasteiger partial charge in [-0.3, -0.25) is 4.79 Å². The summed E-state index contributed by atoms with van der Waals surface area (Å²) in [6.07, 6.45) is 4.81. The fourth-order valence-corrected chi connectivity index (χ4v) is 8.18. The zero-order valence-corrected chi connectivity index (χ0v) is 25.3. The average molecular weight is 612 g/mol. The van der Waals surface area contributed by atoms with Crippen molar-refractivity contribution in [3.8, 4) is 11.1 Å².